The highest BCUT2D eigenvalue weighted by Gasteiger charge is 2.28. The summed E-state index contributed by atoms with van der Waals surface area (Å²) in [6.07, 6.45) is 0.885. The smallest absolute Gasteiger partial charge is 0.253 e. The number of nitrogens with zero attached hydrogens (tertiary/aromatic N) is 1. The number of hydrogen-bond acceptors (Lipinski definition) is 5. The first-order valence-electron chi connectivity index (χ1n) is 13.6. The Morgan fingerprint density at radius 3 is 2.62 bits per heavy atom. The van der Waals surface area contributed by atoms with Gasteiger partial charge in [0, 0.05) is 30.1 Å². The van der Waals surface area contributed by atoms with Gasteiger partial charge >= 0.3 is 0 Å². The molecular weight excluding hydrogens is 520 g/mol. The topological polar surface area (TPSA) is 90.1 Å². The number of nitriles is 1. The Balaban J connectivity index is 1.26. The van der Waals surface area contributed by atoms with E-state index >= 15 is 0 Å². The number of amides is 1. The van der Waals surface area contributed by atoms with Crippen molar-refractivity contribution in [3.63, 3.8) is 0 Å². The van der Waals surface area contributed by atoms with E-state index in [4.69, 9.17) is 21.3 Å². The zero-order chi connectivity index (χ0) is 28.1. The van der Waals surface area contributed by atoms with E-state index < -0.39 is 0 Å². The second-order valence-corrected chi connectivity index (χ2v) is 10.8. The predicted octanol–water partition coefficient (Wildman–Crippen LogP) is 6.51. The minimum atomic E-state index is -0.223. The number of halogens is 1. The van der Waals surface area contributed by atoms with Gasteiger partial charge in [-0.1, -0.05) is 53.6 Å². The van der Waals surface area contributed by atoms with Crippen molar-refractivity contribution in [2.45, 2.75) is 44.8 Å². The van der Waals surface area contributed by atoms with Crippen LogP contribution in [0.25, 0.3) is 11.3 Å². The van der Waals surface area contributed by atoms with Gasteiger partial charge < -0.3 is 20.4 Å². The van der Waals surface area contributed by atoms with Crippen molar-refractivity contribution in [2.24, 2.45) is 0 Å². The van der Waals surface area contributed by atoms with Crippen LogP contribution >= 0.6 is 11.6 Å². The van der Waals surface area contributed by atoms with Crippen LogP contribution in [0.2, 0.25) is 5.02 Å². The van der Waals surface area contributed by atoms with Crippen LogP contribution in [0.1, 0.15) is 63.7 Å². The van der Waals surface area contributed by atoms with Gasteiger partial charge in [-0.3, -0.25) is 4.79 Å². The van der Waals surface area contributed by atoms with Crippen molar-refractivity contribution in [3.05, 3.63) is 117 Å². The van der Waals surface area contributed by atoms with E-state index in [9.17, 15) is 4.79 Å². The fourth-order valence-corrected chi connectivity index (χ4v) is 5.37. The molecule has 0 unspecified atom stereocenters. The maximum Gasteiger partial charge on any atom is 0.253 e. The predicted molar refractivity (Wildman–Crippen MR) is 158 cm³/mol. The van der Waals surface area contributed by atoms with Crippen molar-refractivity contribution < 1.29 is 9.21 Å². The molecule has 204 valence electrons. The highest BCUT2D eigenvalue weighted by molar-refractivity contribution is 6.34. The Bertz CT molecular complexity index is 1500. The minimum absolute atomic E-state index is 0.106. The number of carbonyl (C=O) groups excluding carboxylic acids is 1. The first-order chi connectivity index (χ1) is 19.4. The van der Waals surface area contributed by atoms with E-state index in [2.05, 4.69) is 60.1 Å². The van der Waals surface area contributed by atoms with Crippen LogP contribution in [0.4, 0.5) is 0 Å². The summed E-state index contributed by atoms with van der Waals surface area (Å²) in [5.74, 6) is 1.41. The summed E-state index contributed by atoms with van der Waals surface area (Å²) in [5.41, 5.74) is 5.40. The van der Waals surface area contributed by atoms with Crippen molar-refractivity contribution in [2.75, 3.05) is 13.1 Å². The summed E-state index contributed by atoms with van der Waals surface area (Å²) in [5, 5.41) is 19.6. The maximum absolute atomic E-state index is 13.4. The SMILES string of the molecule is Cc1ccc([C@@H](C)NCc2ccc(-c3ccc(Cl)c(C(=O)N[C@@H]4CNCC[C@H]4c4ccc(C#N)cc4)c3)o2)cc1. The number of carbonyl (C=O) groups is 1. The average molecular weight is 553 g/mol. The van der Waals surface area contributed by atoms with Gasteiger partial charge in [-0.25, -0.2) is 0 Å². The average Bonchev–Trinajstić information content (AvgIpc) is 3.46. The number of piperidine rings is 1. The van der Waals surface area contributed by atoms with Crippen LogP contribution in [0.3, 0.4) is 0 Å². The van der Waals surface area contributed by atoms with Gasteiger partial charge in [0.15, 0.2) is 0 Å². The van der Waals surface area contributed by atoms with Crippen LogP contribution < -0.4 is 16.0 Å². The minimum Gasteiger partial charge on any atom is -0.460 e. The molecule has 1 fully saturated rings. The molecule has 1 aromatic heterocycles. The van der Waals surface area contributed by atoms with Crippen LogP contribution in [0.15, 0.2) is 83.3 Å². The number of aryl methyl sites for hydroxylation is 1. The molecule has 1 saturated heterocycles. The molecule has 0 spiro atoms. The Hall–Kier alpha value is -3.89. The van der Waals surface area contributed by atoms with Crippen molar-refractivity contribution >= 4 is 17.5 Å². The molecule has 6 nitrogen and oxygen atoms in total. The van der Waals surface area contributed by atoms with Gasteiger partial charge in [-0.05, 0) is 80.4 Å². The van der Waals surface area contributed by atoms with E-state index in [0.717, 1.165) is 29.9 Å². The molecule has 1 amide bonds. The molecule has 0 radical (unpaired) electrons. The first-order valence-corrected chi connectivity index (χ1v) is 14.0. The fourth-order valence-electron chi connectivity index (χ4n) is 5.17. The maximum atomic E-state index is 13.4. The molecule has 2 heterocycles. The lowest BCUT2D eigenvalue weighted by Crippen LogP contribution is -2.50. The van der Waals surface area contributed by atoms with E-state index in [1.54, 1.807) is 12.1 Å². The Labute approximate surface area is 240 Å². The summed E-state index contributed by atoms with van der Waals surface area (Å²) >= 11 is 6.49. The third-order valence-electron chi connectivity index (χ3n) is 7.58. The van der Waals surface area contributed by atoms with E-state index in [-0.39, 0.29) is 23.9 Å². The van der Waals surface area contributed by atoms with Gasteiger partial charge in [-0.15, -0.1) is 0 Å². The summed E-state index contributed by atoms with van der Waals surface area (Å²) in [4.78, 5) is 13.4. The van der Waals surface area contributed by atoms with Gasteiger partial charge in [0.1, 0.15) is 11.5 Å². The molecule has 3 N–H and O–H groups in total. The van der Waals surface area contributed by atoms with Crippen molar-refractivity contribution in [1.29, 1.82) is 5.26 Å². The summed E-state index contributed by atoms with van der Waals surface area (Å²) in [6, 6.07) is 27.6. The number of rotatable bonds is 8. The molecule has 0 aliphatic carbocycles. The lowest BCUT2D eigenvalue weighted by molar-refractivity contribution is 0.0924. The van der Waals surface area contributed by atoms with Crippen molar-refractivity contribution in [1.82, 2.24) is 16.0 Å². The molecule has 1 aliphatic heterocycles. The van der Waals surface area contributed by atoms with Crippen LogP contribution in [0, 0.1) is 18.3 Å². The molecule has 3 aromatic carbocycles. The second kappa shape index (κ2) is 12.5. The zero-order valence-corrected chi connectivity index (χ0v) is 23.5. The zero-order valence-electron chi connectivity index (χ0n) is 22.7. The summed E-state index contributed by atoms with van der Waals surface area (Å²) in [7, 11) is 0. The van der Waals surface area contributed by atoms with Gasteiger partial charge in [-0.2, -0.15) is 5.26 Å². The molecule has 40 heavy (non-hydrogen) atoms. The van der Waals surface area contributed by atoms with Gasteiger partial charge in [0.05, 0.1) is 28.8 Å². The Morgan fingerprint density at radius 1 is 1.10 bits per heavy atom. The van der Waals surface area contributed by atoms with Gasteiger partial charge in [0.2, 0.25) is 0 Å². The third-order valence-corrected chi connectivity index (χ3v) is 7.91. The van der Waals surface area contributed by atoms with Crippen LogP contribution in [-0.2, 0) is 6.54 Å². The highest BCUT2D eigenvalue weighted by atomic mass is 35.5. The fraction of sp³-hybridized carbons (Fsp3) is 0.273. The Morgan fingerprint density at radius 2 is 1.88 bits per heavy atom. The lowest BCUT2D eigenvalue weighted by atomic mass is 9.85. The van der Waals surface area contributed by atoms with Crippen molar-refractivity contribution in [3.8, 4) is 17.4 Å². The standard InChI is InChI=1S/C33H33ClN4O2/c1-21-3-7-24(8-4-21)22(2)37-19-27-12-14-32(40-27)26-11-13-30(34)29(17-26)33(39)38-31-20-36-16-15-28(31)25-9-5-23(18-35)6-10-25/h3-14,17,22,28,31,36-37H,15-16,19-20H2,1-2H3,(H,38,39)/t22-,28+,31-/m1/s1. The molecule has 3 atom stereocenters. The first kappa shape index (κ1) is 27.7. The molecule has 0 saturated carbocycles. The second-order valence-electron chi connectivity index (χ2n) is 10.4. The van der Waals surface area contributed by atoms with E-state index in [0.29, 0.717) is 35.0 Å². The quantitative estimate of drug-likeness (QED) is 0.232. The highest BCUT2D eigenvalue weighted by Crippen LogP contribution is 2.29. The molecule has 5 rings (SSSR count). The molecule has 7 heteroatoms. The monoisotopic (exact) mass is 552 g/mol. The Kier molecular flexibility index (Phi) is 8.66. The summed E-state index contributed by atoms with van der Waals surface area (Å²) < 4.78 is 6.12. The van der Waals surface area contributed by atoms with E-state index in [1.807, 2.05) is 42.5 Å². The molecule has 4 aromatic rings. The molecule has 0 bridgehead atoms. The number of furan rings is 1. The van der Waals surface area contributed by atoms with Crippen LogP contribution in [0.5, 0.6) is 0 Å². The normalized spacial score (nSPS) is 17.6. The number of nitrogens with one attached hydrogen (secondary N) is 3. The summed E-state index contributed by atoms with van der Waals surface area (Å²) in [6.45, 7) is 6.32. The largest absolute Gasteiger partial charge is 0.460 e. The van der Waals surface area contributed by atoms with Gasteiger partial charge in [0.25, 0.3) is 5.91 Å². The molecule has 1 aliphatic rings. The lowest BCUT2D eigenvalue weighted by Gasteiger charge is -2.33. The van der Waals surface area contributed by atoms with E-state index in [1.165, 1.54) is 11.1 Å². The molecular formula is C33H33ClN4O2. The number of benzene rings is 3. The number of hydrogen-bond donors (Lipinski definition) is 3. The third kappa shape index (κ3) is 6.46. The van der Waals surface area contributed by atoms with Crippen LogP contribution in [-0.4, -0.2) is 25.0 Å².